The maximum absolute atomic E-state index is 12.3. The summed E-state index contributed by atoms with van der Waals surface area (Å²) >= 11 is 0. The summed E-state index contributed by atoms with van der Waals surface area (Å²) in [6.07, 6.45) is 2.01. The van der Waals surface area contributed by atoms with Gasteiger partial charge in [0.05, 0.1) is 5.52 Å². The molecule has 0 fully saturated rings. The number of nitrogens with zero attached hydrogens (tertiary/aromatic N) is 1. The minimum atomic E-state index is -0.606. The topological polar surface area (TPSA) is 79.3 Å². The lowest BCUT2D eigenvalue weighted by atomic mass is 10.0. The molecule has 5 nitrogen and oxygen atoms in total. The molecule has 0 saturated carbocycles. The van der Waals surface area contributed by atoms with E-state index in [1.165, 1.54) is 12.1 Å². The Balaban J connectivity index is 1.78. The number of aromatic nitrogens is 1. The van der Waals surface area contributed by atoms with Crippen LogP contribution in [0.5, 0.6) is 0 Å². The lowest BCUT2D eigenvalue weighted by molar-refractivity contribution is 0.0706. The van der Waals surface area contributed by atoms with Crippen LogP contribution in [0.1, 0.15) is 26.3 Å². The van der Waals surface area contributed by atoms with E-state index in [9.17, 15) is 9.59 Å². The van der Waals surface area contributed by atoms with Crippen LogP contribution in [0.2, 0.25) is 0 Å². The Morgan fingerprint density at radius 3 is 2.48 bits per heavy atom. The molecule has 114 valence electrons. The van der Waals surface area contributed by atoms with Crippen molar-refractivity contribution in [2.75, 3.05) is 0 Å². The first-order valence-electron chi connectivity index (χ1n) is 7.09. The zero-order valence-electron chi connectivity index (χ0n) is 12.2. The number of ketones is 1. The number of hydrogen-bond acceptors (Lipinski definition) is 4. The molecule has 0 unspecified atom stereocenters. The second-order valence-electron chi connectivity index (χ2n) is 5.15. The number of hydrogen-bond donors (Lipinski definition) is 2. The van der Waals surface area contributed by atoms with Crippen LogP contribution in [0, 0.1) is 0 Å². The lowest BCUT2D eigenvalue weighted by Crippen LogP contribution is -2.18. The summed E-state index contributed by atoms with van der Waals surface area (Å²) < 4.78 is 0. The minimum absolute atomic E-state index is 0.0378. The van der Waals surface area contributed by atoms with Crippen molar-refractivity contribution in [3.8, 4) is 0 Å². The molecular weight excluding hydrogens is 292 g/mol. The van der Waals surface area contributed by atoms with Crippen LogP contribution in [0.4, 0.5) is 0 Å². The van der Waals surface area contributed by atoms with Crippen molar-refractivity contribution >= 4 is 22.6 Å². The maximum Gasteiger partial charge on any atom is 0.274 e. The van der Waals surface area contributed by atoms with Crippen molar-refractivity contribution < 1.29 is 14.8 Å². The Morgan fingerprint density at radius 1 is 1.00 bits per heavy atom. The molecule has 0 saturated heterocycles. The minimum Gasteiger partial charge on any atom is -0.294 e. The lowest BCUT2D eigenvalue weighted by Gasteiger charge is -2.04. The number of amides is 1. The van der Waals surface area contributed by atoms with Gasteiger partial charge in [0.1, 0.15) is 0 Å². The molecule has 0 aliphatic rings. The van der Waals surface area contributed by atoms with E-state index < -0.39 is 5.91 Å². The molecule has 0 atom stereocenters. The van der Waals surface area contributed by atoms with Crippen LogP contribution in [0.3, 0.4) is 0 Å². The van der Waals surface area contributed by atoms with E-state index in [2.05, 4.69) is 4.98 Å². The first-order chi connectivity index (χ1) is 11.2. The normalized spacial score (nSPS) is 10.5. The van der Waals surface area contributed by atoms with E-state index in [4.69, 9.17) is 5.21 Å². The largest absolute Gasteiger partial charge is 0.294 e. The molecule has 0 aliphatic heterocycles. The van der Waals surface area contributed by atoms with Gasteiger partial charge in [-0.1, -0.05) is 24.3 Å². The van der Waals surface area contributed by atoms with Crippen LogP contribution in [-0.2, 0) is 6.42 Å². The Bertz CT molecular complexity index is 873. The highest BCUT2D eigenvalue weighted by molar-refractivity contribution is 5.99. The maximum atomic E-state index is 12.3. The number of rotatable bonds is 4. The fourth-order valence-electron chi connectivity index (χ4n) is 2.39. The molecule has 23 heavy (non-hydrogen) atoms. The van der Waals surface area contributed by atoms with Crippen LogP contribution in [0.15, 0.2) is 60.8 Å². The summed E-state index contributed by atoms with van der Waals surface area (Å²) in [5.74, 6) is -0.643. The number of hydroxylamine groups is 1. The van der Waals surface area contributed by atoms with Crippen molar-refractivity contribution in [2.45, 2.75) is 6.42 Å². The first kappa shape index (κ1) is 14.9. The van der Waals surface area contributed by atoms with E-state index in [-0.39, 0.29) is 12.2 Å². The molecule has 2 N–H and O–H groups in total. The van der Waals surface area contributed by atoms with E-state index in [1.807, 2.05) is 30.3 Å². The SMILES string of the molecule is O=C(Cc1ccc2ncccc2c1)c1ccc(C(=O)NO)cc1. The third-order valence-electron chi connectivity index (χ3n) is 3.60. The summed E-state index contributed by atoms with van der Waals surface area (Å²) in [7, 11) is 0. The standard InChI is InChI=1S/C18H14N2O3/c21-17(13-4-6-14(7-5-13)18(22)20-23)11-12-3-8-16-15(10-12)2-1-9-19-16/h1-10,23H,11H2,(H,20,22). The number of nitrogens with one attached hydrogen (secondary N) is 1. The average molecular weight is 306 g/mol. The molecule has 0 bridgehead atoms. The Labute approximate surface area is 132 Å². The van der Waals surface area contributed by atoms with Crippen molar-refractivity contribution in [3.63, 3.8) is 0 Å². The molecule has 0 radical (unpaired) electrons. The van der Waals surface area contributed by atoms with Crippen molar-refractivity contribution in [2.24, 2.45) is 0 Å². The molecule has 2 aromatic carbocycles. The van der Waals surface area contributed by atoms with Crippen LogP contribution in [-0.4, -0.2) is 21.9 Å². The predicted octanol–water partition coefficient (Wildman–Crippen LogP) is 2.78. The van der Waals surface area contributed by atoms with Crippen LogP contribution >= 0.6 is 0 Å². The molecule has 1 amide bonds. The highest BCUT2D eigenvalue weighted by Crippen LogP contribution is 2.15. The van der Waals surface area contributed by atoms with Crippen LogP contribution in [0.25, 0.3) is 10.9 Å². The van der Waals surface area contributed by atoms with E-state index >= 15 is 0 Å². The highest BCUT2D eigenvalue weighted by Gasteiger charge is 2.10. The summed E-state index contributed by atoms with van der Waals surface area (Å²) in [5, 5.41) is 9.57. The zero-order chi connectivity index (χ0) is 16.2. The second kappa shape index (κ2) is 6.37. The van der Waals surface area contributed by atoms with Gasteiger partial charge in [0, 0.05) is 29.1 Å². The van der Waals surface area contributed by atoms with Gasteiger partial charge in [-0.3, -0.25) is 19.8 Å². The molecule has 3 rings (SSSR count). The summed E-state index contributed by atoms with van der Waals surface area (Å²) in [5.41, 5.74) is 4.17. The molecule has 5 heteroatoms. The first-order valence-corrected chi connectivity index (χ1v) is 7.09. The van der Waals surface area contributed by atoms with Gasteiger partial charge in [0.15, 0.2) is 5.78 Å². The van der Waals surface area contributed by atoms with Crippen molar-refractivity contribution in [3.05, 3.63) is 77.5 Å². The monoisotopic (exact) mass is 306 g/mol. The second-order valence-corrected chi connectivity index (χ2v) is 5.15. The highest BCUT2D eigenvalue weighted by atomic mass is 16.5. The summed E-state index contributed by atoms with van der Waals surface area (Å²) in [4.78, 5) is 27.8. The average Bonchev–Trinajstić information content (AvgIpc) is 2.61. The Hall–Kier alpha value is -3.05. The van der Waals surface area contributed by atoms with Gasteiger partial charge in [-0.2, -0.15) is 0 Å². The number of carbonyl (C=O) groups excluding carboxylic acids is 2. The van der Waals surface area contributed by atoms with Gasteiger partial charge in [0.2, 0.25) is 0 Å². The number of fused-ring (bicyclic) bond motifs is 1. The van der Waals surface area contributed by atoms with Gasteiger partial charge in [0.25, 0.3) is 5.91 Å². The summed E-state index contributed by atoms with van der Waals surface area (Å²) in [6, 6.07) is 15.7. The predicted molar refractivity (Wildman–Crippen MR) is 85.5 cm³/mol. The number of carbonyl (C=O) groups is 2. The third kappa shape index (κ3) is 3.25. The molecular formula is C18H14N2O3. The molecule has 1 aromatic heterocycles. The Morgan fingerprint density at radius 2 is 1.74 bits per heavy atom. The molecule has 0 spiro atoms. The number of Topliss-reactive ketones (excluding diaryl/α,β-unsaturated/α-hetero) is 1. The van der Waals surface area contributed by atoms with E-state index in [0.29, 0.717) is 11.1 Å². The molecule has 1 heterocycles. The molecule has 3 aromatic rings. The van der Waals surface area contributed by atoms with Gasteiger partial charge in [-0.15, -0.1) is 0 Å². The van der Waals surface area contributed by atoms with Crippen LogP contribution < -0.4 is 5.48 Å². The van der Waals surface area contributed by atoms with Crippen molar-refractivity contribution in [1.29, 1.82) is 0 Å². The van der Waals surface area contributed by atoms with Gasteiger partial charge in [-0.05, 0) is 35.9 Å². The Kier molecular flexibility index (Phi) is 4.12. The van der Waals surface area contributed by atoms with E-state index in [1.54, 1.807) is 23.8 Å². The third-order valence-corrected chi connectivity index (χ3v) is 3.60. The molecule has 0 aliphatic carbocycles. The van der Waals surface area contributed by atoms with Gasteiger partial charge in [-0.25, -0.2) is 5.48 Å². The zero-order valence-corrected chi connectivity index (χ0v) is 12.2. The van der Waals surface area contributed by atoms with Crippen molar-refractivity contribution in [1.82, 2.24) is 10.5 Å². The fraction of sp³-hybridized carbons (Fsp3) is 0.0556. The fourth-order valence-corrected chi connectivity index (χ4v) is 2.39. The van der Waals surface area contributed by atoms with Gasteiger partial charge >= 0.3 is 0 Å². The summed E-state index contributed by atoms with van der Waals surface area (Å²) in [6.45, 7) is 0. The quantitative estimate of drug-likeness (QED) is 0.441. The smallest absolute Gasteiger partial charge is 0.274 e. The van der Waals surface area contributed by atoms with E-state index in [0.717, 1.165) is 16.5 Å². The number of benzene rings is 2. The van der Waals surface area contributed by atoms with Gasteiger partial charge < -0.3 is 0 Å². The number of pyridine rings is 1.